The number of nitrogens with zero attached hydrogens (tertiary/aromatic N) is 3. The first-order chi connectivity index (χ1) is 15.8. The standard InChI is InChI=1S/C23H30F2N4O3S/c1-13(30)29-8-6-14(7-9-29)11-26-18-10-17-20(22(25)21(18)24)23(32)28-19(27-17)12-33-16-4-2-15(31)3-5-16/h10,14-16,21,31H,2-9,11-12H2,1H3,(H,27,28,32). The Balaban J connectivity index is 1.48. The van der Waals surface area contributed by atoms with Gasteiger partial charge in [0, 0.05) is 31.8 Å². The van der Waals surface area contributed by atoms with E-state index < -0.39 is 17.6 Å². The van der Waals surface area contributed by atoms with Gasteiger partial charge in [-0.05, 0) is 50.5 Å². The second kappa shape index (κ2) is 10.5. The van der Waals surface area contributed by atoms with Gasteiger partial charge in [-0.2, -0.15) is 11.8 Å². The number of carbonyl (C=O) groups excluding carboxylic acids is 1. The average molecular weight is 481 g/mol. The lowest BCUT2D eigenvalue weighted by molar-refractivity contribution is -0.130. The maximum absolute atomic E-state index is 14.7. The van der Waals surface area contributed by atoms with Crippen LogP contribution in [0.2, 0.25) is 0 Å². The molecule has 2 fully saturated rings. The van der Waals surface area contributed by atoms with Gasteiger partial charge in [0.2, 0.25) is 5.91 Å². The van der Waals surface area contributed by atoms with Crippen molar-refractivity contribution in [3.63, 3.8) is 0 Å². The van der Waals surface area contributed by atoms with Crippen molar-refractivity contribution in [2.75, 3.05) is 19.6 Å². The number of carbonyl (C=O) groups is 1. The minimum Gasteiger partial charge on any atom is -0.393 e. The molecule has 1 aliphatic heterocycles. The van der Waals surface area contributed by atoms with E-state index in [1.165, 1.54) is 6.08 Å². The predicted molar refractivity (Wildman–Crippen MR) is 125 cm³/mol. The molecule has 1 unspecified atom stereocenters. The Morgan fingerprint density at radius 3 is 2.64 bits per heavy atom. The first kappa shape index (κ1) is 24.1. The van der Waals surface area contributed by atoms with Gasteiger partial charge in [0.15, 0.2) is 12.0 Å². The number of nitrogens with one attached hydrogen (secondary N) is 1. The Kier molecular flexibility index (Phi) is 7.63. The molecule has 1 amide bonds. The fourth-order valence-corrected chi connectivity index (χ4v) is 5.75. The number of aromatic amines is 1. The van der Waals surface area contributed by atoms with Crippen molar-refractivity contribution >= 4 is 35.3 Å². The highest BCUT2D eigenvalue weighted by atomic mass is 32.2. The molecule has 2 aliphatic carbocycles. The lowest BCUT2D eigenvalue weighted by Crippen LogP contribution is -2.50. The van der Waals surface area contributed by atoms with Gasteiger partial charge in [0.25, 0.3) is 5.56 Å². The fourth-order valence-electron chi connectivity index (χ4n) is 4.61. The number of aromatic nitrogens is 2. The minimum absolute atomic E-state index is 0.0452. The Labute approximate surface area is 195 Å². The third kappa shape index (κ3) is 5.71. The first-order valence-corrected chi connectivity index (χ1v) is 12.6. The van der Waals surface area contributed by atoms with Crippen molar-refractivity contribution in [3.8, 4) is 0 Å². The van der Waals surface area contributed by atoms with E-state index in [4.69, 9.17) is 0 Å². The number of alkyl halides is 1. The molecular weight excluding hydrogens is 450 g/mol. The molecule has 0 radical (unpaired) electrons. The molecule has 1 aromatic heterocycles. The molecule has 3 aliphatic rings. The zero-order chi connectivity index (χ0) is 23.5. The Morgan fingerprint density at radius 2 is 1.97 bits per heavy atom. The number of H-pyrrole nitrogens is 1. The van der Waals surface area contributed by atoms with Crippen LogP contribution in [0, 0.1) is 5.92 Å². The van der Waals surface area contributed by atoms with Crippen LogP contribution in [0.25, 0.3) is 11.9 Å². The van der Waals surface area contributed by atoms with E-state index in [2.05, 4.69) is 15.0 Å². The fraction of sp³-hybridized carbons (Fsp3) is 0.652. The summed E-state index contributed by atoms with van der Waals surface area (Å²) in [5.74, 6) is -0.0203. The Morgan fingerprint density at radius 1 is 1.27 bits per heavy atom. The van der Waals surface area contributed by atoms with Gasteiger partial charge in [-0.1, -0.05) is 0 Å². The van der Waals surface area contributed by atoms with Crippen LogP contribution in [0.15, 0.2) is 9.79 Å². The third-order valence-electron chi connectivity index (χ3n) is 6.69. The van der Waals surface area contributed by atoms with Crippen LogP contribution in [0.1, 0.15) is 51.3 Å². The maximum Gasteiger partial charge on any atom is 0.261 e. The molecule has 1 atom stereocenters. The van der Waals surface area contributed by atoms with Crippen molar-refractivity contribution in [2.45, 2.75) is 68.7 Å². The number of aliphatic imine (C=N–C) groups is 1. The number of aliphatic hydroxyl groups excluding tert-OH is 1. The molecule has 7 nitrogen and oxygen atoms in total. The molecule has 0 bridgehead atoms. The number of aliphatic hydroxyl groups is 1. The Bertz CT molecular complexity index is 1090. The number of rotatable bonds is 5. The van der Waals surface area contributed by atoms with E-state index in [0.717, 1.165) is 38.5 Å². The van der Waals surface area contributed by atoms with Gasteiger partial charge < -0.3 is 15.0 Å². The highest BCUT2D eigenvalue weighted by Gasteiger charge is 2.27. The molecule has 10 heteroatoms. The average Bonchev–Trinajstić information content (AvgIpc) is 2.80. The molecule has 2 N–H and O–H groups in total. The molecule has 33 heavy (non-hydrogen) atoms. The lowest BCUT2D eigenvalue weighted by atomic mass is 9.96. The van der Waals surface area contributed by atoms with Crippen LogP contribution in [-0.2, 0) is 10.5 Å². The van der Waals surface area contributed by atoms with Gasteiger partial charge in [-0.3, -0.25) is 14.6 Å². The second-order valence-electron chi connectivity index (χ2n) is 9.08. The first-order valence-electron chi connectivity index (χ1n) is 11.6. The third-order valence-corrected chi connectivity index (χ3v) is 8.08. The van der Waals surface area contributed by atoms with Crippen molar-refractivity contribution < 1.29 is 18.7 Å². The molecule has 1 saturated heterocycles. The number of halogens is 2. The van der Waals surface area contributed by atoms with Crippen molar-refractivity contribution in [1.29, 1.82) is 0 Å². The van der Waals surface area contributed by atoms with Crippen LogP contribution < -0.4 is 16.1 Å². The van der Waals surface area contributed by atoms with Gasteiger partial charge >= 0.3 is 0 Å². The van der Waals surface area contributed by atoms with Crippen LogP contribution in [0.4, 0.5) is 8.78 Å². The summed E-state index contributed by atoms with van der Waals surface area (Å²) in [6.45, 7) is 3.19. The van der Waals surface area contributed by atoms with E-state index in [1.807, 2.05) is 0 Å². The van der Waals surface area contributed by atoms with Gasteiger partial charge in [-0.15, -0.1) is 0 Å². The maximum atomic E-state index is 14.7. The van der Waals surface area contributed by atoms with Crippen LogP contribution in [-0.4, -0.2) is 68.8 Å². The smallest absolute Gasteiger partial charge is 0.261 e. The predicted octanol–water partition coefficient (Wildman–Crippen LogP) is 1.22. The summed E-state index contributed by atoms with van der Waals surface area (Å²) in [6, 6.07) is 0. The van der Waals surface area contributed by atoms with E-state index >= 15 is 0 Å². The molecule has 4 rings (SSSR count). The number of likely N-dealkylation sites (tertiary alicyclic amines) is 1. The van der Waals surface area contributed by atoms with Crippen LogP contribution in [0.3, 0.4) is 0 Å². The van der Waals surface area contributed by atoms with Crippen molar-refractivity contribution in [2.24, 2.45) is 10.9 Å². The van der Waals surface area contributed by atoms with Gasteiger partial charge in [0.05, 0.1) is 22.9 Å². The van der Waals surface area contributed by atoms with Crippen molar-refractivity contribution in [1.82, 2.24) is 14.9 Å². The minimum atomic E-state index is -2.08. The van der Waals surface area contributed by atoms with Gasteiger partial charge in [0.1, 0.15) is 11.0 Å². The van der Waals surface area contributed by atoms with Gasteiger partial charge in [-0.25, -0.2) is 13.8 Å². The lowest BCUT2D eigenvalue weighted by Gasteiger charge is -2.30. The topological polar surface area (TPSA) is 98.7 Å². The number of piperidine rings is 1. The summed E-state index contributed by atoms with van der Waals surface area (Å²) < 4.78 is 29.5. The monoisotopic (exact) mass is 480 g/mol. The number of thioether (sulfide) groups is 1. The summed E-state index contributed by atoms with van der Waals surface area (Å²) in [7, 11) is 0. The molecule has 0 spiro atoms. The molecule has 1 saturated carbocycles. The van der Waals surface area contributed by atoms with Crippen LogP contribution >= 0.6 is 11.8 Å². The largest absolute Gasteiger partial charge is 0.393 e. The van der Waals surface area contributed by atoms with E-state index in [1.54, 1.807) is 23.6 Å². The number of fused-ring (bicyclic) bond motifs is 1. The summed E-state index contributed by atoms with van der Waals surface area (Å²) in [5, 5.41) is 9.78. The second-order valence-corrected chi connectivity index (χ2v) is 10.4. The van der Waals surface area contributed by atoms with E-state index in [-0.39, 0.29) is 34.2 Å². The quantitative estimate of drug-likeness (QED) is 0.660. The highest BCUT2D eigenvalue weighted by molar-refractivity contribution is 7.99. The molecule has 1 aromatic rings. The number of hydrogen-bond donors (Lipinski definition) is 2. The highest BCUT2D eigenvalue weighted by Crippen LogP contribution is 2.29. The van der Waals surface area contributed by atoms with Crippen molar-refractivity contribution in [3.05, 3.63) is 26.7 Å². The van der Waals surface area contributed by atoms with Crippen LogP contribution in [0.5, 0.6) is 0 Å². The number of amides is 1. The Hall–Kier alpha value is -2.07. The zero-order valence-corrected chi connectivity index (χ0v) is 19.5. The molecule has 2 heterocycles. The van der Waals surface area contributed by atoms with E-state index in [9.17, 15) is 23.5 Å². The summed E-state index contributed by atoms with van der Waals surface area (Å²) >= 11 is 1.65. The van der Waals surface area contributed by atoms with E-state index in [0.29, 0.717) is 36.5 Å². The number of hydrogen-bond acceptors (Lipinski definition) is 6. The molecule has 0 aromatic carbocycles. The summed E-state index contributed by atoms with van der Waals surface area (Å²) in [4.78, 5) is 37.0. The normalized spacial score (nSPS) is 27.4. The zero-order valence-electron chi connectivity index (χ0n) is 18.7. The molecule has 180 valence electrons. The molecular formula is C23H30F2N4O3S. The SMILES string of the molecule is CC(=O)N1CCC(CN=C2C=c3nc(CSC4CCC(O)CC4)[nH]c(=O)c3=C(F)C2F)CC1. The summed E-state index contributed by atoms with van der Waals surface area (Å²) in [5.41, 5.74) is -0.728. The summed E-state index contributed by atoms with van der Waals surface area (Å²) in [6.07, 6.45) is 3.96.